The molecule has 5 heteroatoms. The second-order valence-corrected chi connectivity index (χ2v) is 4.60. The molecule has 0 N–H and O–H groups in total. The molecule has 0 atom stereocenters. The van der Waals surface area contributed by atoms with E-state index in [0.29, 0.717) is 17.1 Å². The zero-order chi connectivity index (χ0) is 13.8. The van der Waals surface area contributed by atoms with E-state index in [2.05, 4.69) is 15.9 Å². The molecule has 2 aromatic rings. The predicted octanol–water partition coefficient (Wildman–Crippen LogP) is 4.59. The van der Waals surface area contributed by atoms with Gasteiger partial charge < -0.3 is 4.74 Å². The molecule has 0 aliphatic rings. The molecule has 0 aliphatic heterocycles. The zero-order valence-corrected chi connectivity index (χ0v) is 11.9. The summed E-state index contributed by atoms with van der Waals surface area (Å²) in [5, 5.41) is 11.6. The summed E-state index contributed by atoms with van der Waals surface area (Å²) in [6.07, 6.45) is 0. The average Bonchev–Trinajstić information content (AvgIpc) is 2.41. The molecule has 0 fully saturated rings. The van der Waals surface area contributed by atoms with Gasteiger partial charge in [0.1, 0.15) is 11.5 Å². The number of ether oxygens (including phenoxy) is 1. The maximum absolute atomic E-state index is 10.9. The van der Waals surface area contributed by atoms with Crippen molar-refractivity contribution in [3.8, 4) is 11.5 Å². The summed E-state index contributed by atoms with van der Waals surface area (Å²) < 4.78 is 5.68. The molecule has 2 aromatic carbocycles. The second-order valence-electron chi connectivity index (χ2n) is 4.04. The number of nitrogens with zero attached hydrogens (tertiary/aromatic N) is 1. The van der Waals surface area contributed by atoms with Crippen molar-refractivity contribution in [3.63, 3.8) is 0 Å². The first-order valence-corrected chi connectivity index (χ1v) is 6.80. The molecule has 0 amide bonds. The van der Waals surface area contributed by atoms with Gasteiger partial charge in [0, 0.05) is 11.4 Å². The number of hydrogen-bond acceptors (Lipinski definition) is 3. The Morgan fingerprint density at radius 3 is 2.47 bits per heavy atom. The van der Waals surface area contributed by atoms with E-state index in [0.717, 1.165) is 10.9 Å². The third-order valence-corrected chi connectivity index (χ3v) is 3.41. The van der Waals surface area contributed by atoms with E-state index in [1.54, 1.807) is 19.1 Å². The Morgan fingerprint density at radius 1 is 1.21 bits per heavy atom. The lowest BCUT2D eigenvalue weighted by Gasteiger charge is -2.09. The largest absolute Gasteiger partial charge is 0.457 e. The van der Waals surface area contributed by atoms with Gasteiger partial charge in [-0.15, -0.1) is 0 Å². The monoisotopic (exact) mass is 321 g/mol. The first-order chi connectivity index (χ1) is 9.11. The third-order valence-electron chi connectivity index (χ3n) is 2.76. The highest BCUT2D eigenvalue weighted by Crippen LogP contribution is 2.31. The summed E-state index contributed by atoms with van der Waals surface area (Å²) in [6.45, 7) is 1.68. The van der Waals surface area contributed by atoms with E-state index in [4.69, 9.17) is 4.74 Å². The Hall–Kier alpha value is -1.88. The van der Waals surface area contributed by atoms with Gasteiger partial charge in [-0.3, -0.25) is 10.1 Å². The van der Waals surface area contributed by atoms with Gasteiger partial charge in [0.05, 0.1) is 10.5 Å². The standard InChI is InChI=1S/C14H12BrNO3/c1-10-13(16(17)18)3-2-4-14(10)19-12-7-5-11(9-15)6-8-12/h2-8H,9H2,1H3. The van der Waals surface area contributed by atoms with Crippen LogP contribution in [0.1, 0.15) is 11.1 Å². The number of alkyl halides is 1. The predicted molar refractivity (Wildman–Crippen MR) is 77.0 cm³/mol. The lowest BCUT2D eigenvalue weighted by atomic mass is 10.2. The van der Waals surface area contributed by atoms with Gasteiger partial charge in [0.2, 0.25) is 0 Å². The molecule has 0 spiro atoms. The molecule has 2 rings (SSSR count). The number of hydrogen-bond donors (Lipinski definition) is 0. The molecule has 0 saturated carbocycles. The van der Waals surface area contributed by atoms with Crippen LogP contribution in [0.4, 0.5) is 5.69 Å². The van der Waals surface area contributed by atoms with Crippen molar-refractivity contribution in [1.29, 1.82) is 0 Å². The van der Waals surface area contributed by atoms with Gasteiger partial charge in [-0.1, -0.05) is 34.1 Å². The topological polar surface area (TPSA) is 52.4 Å². The maximum Gasteiger partial charge on any atom is 0.276 e. The highest BCUT2D eigenvalue weighted by molar-refractivity contribution is 9.08. The minimum Gasteiger partial charge on any atom is -0.457 e. The van der Waals surface area contributed by atoms with Gasteiger partial charge in [-0.2, -0.15) is 0 Å². The number of nitro benzene ring substituents is 1. The fraction of sp³-hybridized carbons (Fsp3) is 0.143. The molecule has 0 radical (unpaired) electrons. The van der Waals surface area contributed by atoms with Crippen LogP contribution in [0.3, 0.4) is 0 Å². The highest BCUT2D eigenvalue weighted by atomic mass is 79.9. The number of benzene rings is 2. The van der Waals surface area contributed by atoms with E-state index < -0.39 is 4.92 Å². The van der Waals surface area contributed by atoms with Crippen LogP contribution in [0.5, 0.6) is 11.5 Å². The normalized spacial score (nSPS) is 10.2. The second kappa shape index (κ2) is 5.84. The summed E-state index contributed by atoms with van der Waals surface area (Å²) in [5.74, 6) is 1.16. The van der Waals surface area contributed by atoms with Crippen LogP contribution in [0.15, 0.2) is 42.5 Å². The Kier molecular flexibility index (Phi) is 4.16. The fourth-order valence-corrected chi connectivity index (χ4v) is 2.06. The van der Waals surface area contributed by atoms with E-state index in [-0.39, 0.29) is 5.69 Å². The van der Waals surface area contributed by atoms with Crippen molar-refractivity contribution in [2.24, 2.45) is 0 Å². The Morgan fingerprint density at radius 2 is 1.89 bits per heavy atom. The van der Waals surface area contributed by atoms with Crippen LogP contribution in [-0.2, 0) is 5.33 Å². The summed E-state index contributed by atoms with van der Waals surface area (Å²) >= 11 is 3.37. The van der Waals surface area contributed by atoms with Crippen LogP contribution < -0.4 is 4.74 Å². The van der Waals surface area contributed by atoms with Gasteiger partial charge >= 0.3 is 0 Å². The van der Waals surface area contributed by atoms with Crippen molar-refractivity contribution < 1.29 is 9.66 Å². The van der Waals surface area contributed by atoms with Crippen LogP contribution >= 0.6 is 15.9 Å². The highest BCUT2D eigenvalue weighted by Gasteiger charge is 2.14. The van der Waals surface area contributed by atoms with Crippen LogP contribution in [-0.4, -0.2) is 4.92 Å². The summed E-state index contributed by atoms with van der Waals surface area (Å²) in [5.41, 5.74) is 1.73. The SMILES string of the molecule is Cc1c(Oc2ccc(CBr)cc2)cccc1[N+](=O)[O-]. The molecule has 19 heavy (non-hydrogen) atoms. The first-order valence-electron chi connectivity index (χ1n) is 5.68. The molecule has 98 valence electrons. The molecule has 0 unspecified atom stereocenters. The third kappa shape index (κ3) is 3.12. The van der Waals surface area contributed by atoms with Crippen molar-refractivity contribution in [1.82, 2.24) is 0 Å². The molecule has 0 aliphatic carbocycles. The van der Waals surface area contributed by atoms with E-state index in [1.165, 1.54) is 6.07 Å². The molecular formula is C14H12BrNO3. The van der Waals surface area contributed by atoms with Crippen molar-refractivity contribution in [2.45, 2.75) is 12.3 Å². The Labute approximate surface area is 119 Å². The van der Waals surface area contributed by atoms with Gasteiger partial charge in [0.15, 0.2) is 0 Å². The quantitative estimate of drug-likeness (QED) is 0.470. The molecule has 0 heterocycles. The van der Waals surface area contributed by atoms with E-state index in [9.17, 15) is 10.1 Å². The molecule has 0 saturated heterocycles. The number of halogens is 1. The fourth-order valence-electron chi connectivity index (χ4n) is 1.68. The summed E-state index contributed by atoms with van der Waals surface area (Å²) in [4.78, 5) is 10.4. The smallest absolute Gasteiger partial charge is 0.276 e. The minimum atomic E-state index is -0.407. The van der Waals surface area contributed by atoms with Crippen LogP contribution in [0, 0.1) is 17.0 Å². The van der Waals surface area contributed by atoms with Crippen molar-refractivity contribution in [2.75, 3.05) is 0 Å². The number of nitro groups is 1. The molecule has 0 bridgehead atoms. The Bertz CT molecular complexity index is 596. The van der Waals surface area contributed by atoms with Crippen molar-refractivity contribution in [3.05, 3.63) is 63.7 Å². The van der Waals surface area contributed by atoms with Crippen LogP contribution in [0.25, 0.3) is 0 Å². The molecule has 4 nitrogen and oxygen atoms in total. The molecule has 0 aromatic heterocycles. The van der Waals surface area contributed by atoms with Gasteiger partial charge in [0.25, 0.3) is 5.69 Å². The number of rotatable bonds is 4. The lowest BCUT2D eigenvalue weighted by Crippen LogP contribution is -1.94. The average molecular weight is 322 g/mol. The first kappa shape index (κ1) is 13.5. The van der Waals surface area contributed by atoms with E-state index >= 15 is 0 Å². The summed E-state index contributed by atoms with van der Waals surface area (Å²) in [7, 11) is 0. The van der Waals surface area contributed by atoms with Crippen LogP contribution in [0.2, 0.25) is 0 Å². The van der Waals surface area contributed by atoms with Gasteiger partial charge in [-0.05, 0) is 30.7 Å². The maximum atomic E-state index is 10.9. The molecular weight excluding hydrogens is 310 g/mol. The van der Waals surface area contributed by atoms with Crippen molar-refractivity contribution >= 4 is 21.6 Å². The zero-order valence-electron chi connectivity index (χ0n) is 10.3. The van der Waals surface area contributed by atoms with E-state index in [1.807, 2.05) is 24.3 Å². The lowest BCUT2D eigenvalue weighted by molar-refractivity contribution is -0.385. The summed E-state index contributed by atoms with van der Waals surface area (Å²) in [6, 6.07) is 12.4. The Balaban J connectivity index is 2.27. The van der Waals surface area contributed by atoms with Gasteiger partial charge in [-0.25, -0.2) is 0 Å². The minimum absolute atomic E-state index is 0.0644.